The van der Waals surface area contributed by atoms with Gasteiger partial charge in [-0.2, -0.15) is 0 Å². The normalized spacial score (nSPS) is 16.9. The van der Waals surface area contributed by atoms with Crippen LogP contribution in [0.2, 0.25) is 0 Å². The lowest BCUT2D eigenvalue weighted by molar-refractivity contribution is -0.384. The Morgan fingerprint density at radius 3 is 2.89 bits per heavy atom. The molecule has 4 rings (SSSR count). The Bertz CT molecular complexity index is 1050. The van der Waals surface area contributed by atoms with Crippen LogP contribution in [0.4, 0.5) is 11.4 Å². The van der Waals surface area contributed by atoms with E-state index in [1.54, 1.807) is 6.07 Å². The Morgan fingerprint density at radius 1 is 1.29 bits per heavy atom. The topological polar surface area (TPSA) is 101 Å². The molecule has 2 heterocycles. The first-order valence-corrected chi connectivity index (χ1v) is 9.20. The number of hydrogen-bond donors (Lipinski definition) is 1. The summed E-state index contributed by atoms with van der Waals surface area (Å²) >= 11 is 0. The van der Waals surface area contributed by atoms with E-state index in [0.717, 1.165) is 25.1 Å². The van der Waals surface area contributed by atoms with Crippen LogP contribution in [-0.4, -0.2) is 34.6 Å². The second-order valence-corrected chi connectivity index (χ2v) is 6.93. The summed E-state index contributed by atoms with van der Waals surface area (Å²) in [5.74, 6) is 1.08. The van der Waals surface area contributed by atoms with E-state index in [1.165, 1.54) is 12.4 Å². The fourth-order valence-corrected chi connectivity index (χ4v) is 3.64. The van der Waals surface area contributed by atoms with E-state index in [2.05, 4.69) is 9.97 Å². The van der Waals surface area contributed by atoms with E-state index in [9.17, 15) is 14.9 Å². The second-order valence-electron chi connectivity index (χ2n) is 6.93. The first-order chi connectivity index (χ1) is 13.6. The molecule has 28 heavy (non-hydrogen) atoms. The number of nitro benzene ring substituents is 1. The number of fused-ring (bicyclic) bond motifs is 1. The third kappa shape index (κ3) is 3.66. The smallest absolute Gasteiger partial charge is 0.293 e. The van der Waals surface area contributed by atoms with Gasteiger partial charge < -0.3 is 14.6 Å². The van der Waals surface area contributed by atoms with Gasteiger partial charge >= 0.3 is 0 Å². The SMILES string of the molecule is O=c1[nH]cnc2cc(N3CCCC(COc4ccccc4)C3)c([N+](=O)[O-])cc12. The summed E-state index contributed by atoms with van der Waals surface area (Å²) in [6.07, 6.45) is 3.23. The van der Waals surface area contributed by atoms with Crippen LogP contribution < -0.4 is 15.2 Å². The Balaban J connectivity index is 1.59. The van der Waals surface area contributed by atoms with Crippen LogP contribution >= 0.6 is 0 Å². The molecule has 1 aliphatic rings. The lowest BCUT2D eigenvalue weighted by Crippen LogP contribution is -2.38. The Kier molecular flexibility index (Phi) is 4.92. The molecular formula is C20H20N4O4. The standard InChI is InChI=1S/C20H20N4O4/c25-20-16-9-19(24(26)27)18(10-17(16)21-13-22-20)23-8-4-5-14(11-23)12-28-15-6-2-1-3-7-15/h1-3,6-7,9-10,13-14H,4-5,8,11-12H2,(H,21,22,25). The van der Waals surface area contributed by atoms with Gasteiger partial charge in [0.15, 0.2) is 0 Å². The Hall–Kier alpha value is -3.42. The van der Waals surface area contributed by atoms with Crippen molar-refractivity contribution in [1.82, 2.24) is 9.97 Å². The van der Waals surface area contributed by atoms with Crippen LogP contribution in [0, 0.1) is 16.0 Å². The van der Waals surface area contributed by atoms with Crippen molar-refractivity contribution in [2.24, 2.45) is 5.92 Å². The second kappa shape index (κ2) is 7.67. The van der Waals surface area contributed by atoms with E-state index in [0.29, 0.717) is 24.4 Å². The molecule has 0 amide bonds. The summed E-state index contributed by atoms with van der Waals surface area (Å²) in [7, 11) is 0. The third-order valence-electron chi connectivity index (χ3n) is 5.02. The van der Waals surface area contributed by atoms with Crippen LogP contribution in [0.5, 0.6) is 5.75 Å². The number of aromatic amines is 1. The summed E-state index contributed by atoms with van der Waals surface area (Å²) in [5, 5.41) is 11.9. The largest absolute Gasteiger partial charge is 0.493 e. The summed E-state index contributed by atoms with van der Waals surface area (Å²) in [6, 6.07) is 12.6. The van der Waals surface area contributed by atoms with Crippen molar-refractivity contribution in [1.29, 1.82) is 0 Å². The van der Waals surface area contributed by atoms with Crippen LogP contribution in [0.3, 0.4) is 0 Å². The van der Waals surface area contributed by atoms with Crippen molar-refractivity contribution >= 4 is 22.3 Å². The molecule has 1 N–H and O–H groups in total. The van der Waals surface area contributed by atoms with E-state index in [1.807, 2.05) is 35.2 Å². The third-order valence-corrected chi connectivity index (χ3v) is 5.02. The van der Waals surface area contributed by atoms with Gasteiger partial charge in [0.1, 0.15) is 11.4 Å². The van der Waals surface area contributed by atoms with Crippen LogP contribution in [0.1, 0.15) is 12.8 Å². The molecule has 0 aliphatic carbocycles. The zero-order valence-corrected chi connectivity index (χ0v) is 15.2. The molecule has 0 spiro atoms. The summed E-state index contributed by atoms with van der Waals surface area (Å²) in [5.41, 5.74) is 0.495. The first kappa shape index (κ1) is 18.0. The van der Waals surface area contributed by atoms with Gasteiger partial charge in [0.2, 0.25) is 0 Å². The lowest BCUT2D eigenvalue weighted by atomic mass is 9.98. The van der Waals surface area contributed by atoms with E-state index in [-0.39, 0.29) is 22.6 Å². The van der Waals surface area contributed by atoms with Gasteiger partial charge in [0, 0.05) is 25.1 Å². The predicted octanol–water partition coefficient (Wildman–Crippen LogP) is 3.13. The highest BCUT2D eigenvalue weighted by atomic mass is 16.6. The van der Waals surface area contributed by atoms with E-state index in [4.69, 9.17) is 4.74 Å². The molecule has 1 aromatic heterocycles. The lowest BCUT2D eigenvalue weighted by Gasteiger charge is -2.34. The number of nitrogens with zero attached hydrogens (tertiary/aromatic N) is 3. The number of H-pyrrole nitrogens is 1. The van der Waals surface area contributed by atoms with Gasteiger partial charge in [0.05, 0.1) is 28.8 Å². The number of para-hydroxylation sites is 1. The minimum Gasteiger partial charge on any atom is -0.493 e. The number of benzene rings is 2. The molecular weight excluding hydrogens is 360 g/mol. The number of aromatic nitrogens is 2. The van der Waals surface area contributed by atoms with Crippen molar-refractivity contribution in [3.05, 3.63) is 69.3 Å². The van der Waals surface area contributed by atoms with Gasteiger partial charge in [-0.15, -0.1) is 0 Å². The number of hydrogen-bond acceptors (Lipinski definition) is 6. The number of ether oxygens (including phenoxy) is 1. The summed E-state index contributed by atoms with van der Waals surface area (Å²) in [4.78, 5) is 31.8. The number of rotatable bonds is 5. The van der Waals surface area contributed by atoms with Crippen molar-refractivity contribution < 1.29 is 9.66 Å². The van der Waals surface area contributed by atoms with Crippen molar-refractivity contribution in [3.8, 4) is 5.75 Å². The molecule has 1 fully saturated rings. The summed E-state index contributed by atoms with van der Waals surface area (Å²) < 4.78 is 5.87. The van der Waals surface area contributed by atoms with Crippen LogP contribution in [0.25, 0.3) is 10.9 Å². The number of anilines is 1. The van der Waals surface area contributed by atoms with Crippen molar-refractivity contribution in [2.45, 2.75) is 12.8 Å². The maximum atomic E-state index is 12.0. The zero-order valence-electron chi connectivity index (χ0n) is 15.2. The molecule has 1 saturated heterocycles. The van der Waals surface area contributed by atoms with Gasteiger partial charge in [-0.25, -0.2) is 4.98 Å². The molecule has 1 unspecified atom stereocenters. The Morgan fingerprint density at radius 2 is 2.11 bits per heavy atom. The molecule has 0 bridgehead atoms. The minimum absolute atomic E-state index is 0.0735. The maximum absolute atomic E-state index is 12.0. The molecule has 144 valence electrons. The van der Waals surface area contributed by atoms with Crippen molar-refractivity contribution in [3.63, 3.8) is 0 Å². The fourth-order valence-electron chi connectivity index (χ4n) is 3.64. The molecule has 0 saturated carbocycles. The molecule has 1 atom stereocenters. The minimum atomic E-state index is -0.439. The predicted molar refractivity (Wildman–Crippen MR) is 106 cm³/mol. The molecule has 2 aromatic carbocycles. The molecule has 3 aromatic rings. The monoisotopic (exact) mass is 380 g/mol. The molecule has 1 aliphatic heterocycles. The quantitative estimate of drug-likeness (QED) is 0.539. The maximum Gasteiger partial charge on any atom is 0.293 e. The van der Waals surface area contributed by atoms with Crippen molar-refractivity contribution in [2.75, 3.05) is 24.6 Å². The number of piperidine rings is 1. The fraction of sp³-hybridized carbons (Fsp3) is 0.300. The molecule has 0 radical (unpaired) electrons. The van der Waals surface area contributed by atoms with Crippen LogP contribution in [0.15, 0.2) is 53.6 Å². The average Bonchev–Trinajstić information content (AvgIpc) is 2.72. The van der Waals surface area contributed by atoms with Gasteiger partial charge in [-0.1, -0.05) is 18.2 Å². The Labute approximate surface area is 160 Å². The molecule has 8 nitrogen and oxygen atoms in total. The van der Waals surface area contributed by atoms with Gasteiger partial charge in [-0.3, -0.25) is 14.9 Å². The highest BCUT2D eigenvalue weighted by Crippen LogP contribution is 2.34. The van der Waals surface area contributed by atoms with E-state index >= 15 is 0 Å². The van der Waals surface area contributed by atoms with Crippen LogP contribution in [-0.2, 0) is 0 Å². The average molecular weight is 380 g/mol. The zero-order chi connectivity index (χ0) is 19.5. The highest BCUT2D eigenvalue weighted by molar-refractivity contribution is 5.87. The van der Waals surface area contributed by atoms with Gasteiger partial charge in [0.25, 0.3) is 11.2 Å². The number of nitro groups is 1. The number of nitrogens with one attached hydrogen (secondary N) is 1. The van der Waals surface area contributed by atoms with E-state index < -0.39 is 4.92 Å². The highest BCUT2D eigenvalue weighted by Gasteiger charge is 2.27. The summed E-state index contributed by atoms with van der Waals surface area (Å²) in [6.45, 7) is 1.93. The first-order valence-electron chi connectivity index (χ1n) is 9.20. The van der Waals surface area contributed by atoms with Gasteiger partial charge in [-0.05, 0) is 31.0 Å². The molecule has 8 heteroatoms.